The molecule has 2 N–H and O–H groups in total. The van der Waals surface area contributed by atoms with Crippen molar-refractivity contribution in [2.24, 2.45) is 0 Å². The lowest BCUT2D eigenvalue weighted by molar-refractivity contribution is 0.181. The largest absolute Gasteiger partial charge is 0.507 e. The molecular formula is C22H25FN6O. The predicted octanol–water partition coefficient (Wildman–Crippen LogP) is 3.09. The van der Waals surface area contributed by atoms with Gasteiger partial charge in [0, 0.05) is 48.7 Å². The van der Waals surface area contributed by atoms with Gasteiger partial charge in [0.15, 0.2) is 5.82 Å². The van der Waals surface area contributed by atoms with Crippen LogP contribution in [-0.4, -0.2) is 55.7 Å². The number of anilines is 1. The third-order valence-electron chi connectivity index (χ3n) is 6.55. The van der Waals surface area contributed by atoms with Crippen LogP contribution in [0, 0.1) is 0 Å². The summed E-state index contributed by atoms with van der Waals surface area (Å²) in [4.78, 5) is 6.12. The lowest BCUT2D eigenvalue weighted by atomic mass is 9.88. The minimum Gasteiger partial charge on any atom is -0.507 e. The van der Waals surface area contributed by atoms with Crippen molar-refractivity contribution in [3.8, 4) is 22.7 Å². The maximum Gasteiger partial charge on any atom is 0.151 e. The van der Waals surface area contributed by atoms with Gasteiger partial charge in [0.2, 0.25) is 0 Å². The summed E-state index contributed by atoms with van der Waals surface area (Å²) in [5.74, 6) is 0.882. The highest BCUT2D eigenvalue weighted by atomic mass is 19.1. The van der Waals surface area contributed by atoms with Crippen LogP contribution in [0.2, 0.25) is 0 Å². The summed E-state index contributed by atoms with van der Waals surface area (Å²) in [6, 6.07) is 9.60. The molecule has 0 aliphatic carbocycles. The van der Waals surface area contributed by atoms with Gasteiger partial charge in [-0.2, -0.15) is 0 Å². The molecule has 30 heavy (non-hydrogen) atoms. The fraction of sp³-hybridized carbons (Fsp3) is 0.409. The first kappa shape index (κ1) is 19.0. The summed E-state index contributed by atoms with van der Waals surface area (Å²) >= 11 is 0. The number of nitrogens with zero attached hydrogens (tertiary/aromatic N) is 5. The molecule has 7 nitrogen and oxygen atoms in total. The van der Waals surface area contributed by atoms with Gasteiger partial charge in [0.05, 0.1) is 17.7 Å². The number of nitrogens with one attached hydrogen (secondary N) is 1. The van der Waals surface area contributed by atoms with Gasteiger partial charge in [-0.15, -0.1) is 10.2 Å². The van der Waals surface area contributed by atoms with Crippen LogP contribution in [0.3, 0.4) is 0 Å². The number of alkyl halides is 1. The summed E-state index contributed by atoms with van der Waals surface area (Å²) in [5.41, 5.74) is 1.58. The zero-order valence-corrected chi connectivity index (χ0v) is 17.0. The van der Waals surface area contributed by atoms with Crippen molar-refractivity contribution in [1.82, 2.24) is 25.1 Å². The van der Waals surface area contributed by atoms with E-state index < -0.39 is 11.7 Å². The maximum atomic E-state index is 14.4. The Bertz CT molecular complexity index is 1040. The van der Waals surface area contributed by atoms with Gasteiger partial charge in [-0.25, -0.2) is 9.37 Å². The molecular weight excluding hydrogens is 383 g/mol. The number of rotatable bonds is 4. The van der Waals surface area contributed by atoms with E-state index in [-0.39, 0.29) is 17.8 Å². The van der Waals surface area contributed by atoms with Crippen LogP contribution in [0.4, 0.5) is 10.2 Å². The molecule has 2 saturated heterocycles. The number of hydrogen-bond acceptors (Lipinski definition) is 6. The van der Waals surface area contributed by atoms with Crippen LogP contribution in [0.1, 0.15) is 26.2 Å². The number of aromatic nitrogens is 4. The van der Waals surface area contributed by atoms with E-state index in [1.165, 1.54) is 0 Å². The number of aromatic hydroxyl groups is 1. The Morgan fingerprint density at radius 1 is 1.23 bits per heavy atom. The zero-order chi connectivity index (χ0) is 20.9. The van der Waals surface area contributed by atoms with Gasteiger partial charge in [-0.1, -0.05) is 0 Å². The molecule has 2 fully saturated rings. The summed E-state index contributed by atoms with van der Waals surface area (Å²) < 4.78 is 16.2. The average molecular weight is 408 g/mol. The van der Waals surface area contributed by atoms with Crippen molar-refractivity contribution in [2.75, 3.05) is 11.9 Å². The highest BCUT2D eigenvalue weighted by Crippen LogP contribution is 2.40. The fourth-order valence-corrected chi connectivity index (χ4v) is 4.82. The minimum atomic E-state index is -0.803. The molecule has 0 amide bonds. The Morgan fingerprint density at radius 2 is 2.10 bits per heavy atom. The molecule has 4 atom stereocenters. The molecule has 1 aromatic carbocycles. The topological polar surface area (TPSA) is 79.1 Å². The third kappa shape index (κ3) is 3.21. The van der Waals surface area contributed by atoms with Crippen LogP contribution in [0.5, 0.6) is 5.75 Å². The van der Waals surface area contributed by atoms with E-state index in [0.29, 0.717) is 17.7 Å². The lowest BCUT2D eigenvalue weighted by Gasteiger charge is -2.41. The molecule has 3 aromatic rings. The van der Waals surface area contributed by atoms with Gasteiger partial charge in [-0.05, 0) is 50.5 Å². The number of phenolic OH excluding ortho intramolecular Hbond substituents is 1. The van der Waals surface area contributed by atoms with Crippen molar-refractivity contribution >= 4 is 5.82 Å². The van der Waals surface area contributed by atoms with Crippen LogP contribution in [-0.2, 0) is 0 Å². The SMILES string of the molecule is CN(c1ccc(-c2ccc(-n3ccnc3)cc2O)nn1)[C@H]1C[C@@H]2C[C@H](F)[C@](C)(C1)N2. The van der Waals surface area contributed by atoms with E-state index in [1.54, 1.807) is 18.6 Å². The van der Waals surface area contributed by atoms with Crippen molar-refractivity contribution < 1.29 is 9.50 Å². The molecule has 156 valence electrons. The first-order chi connectivity index (χ1) is 14.4. The van der Waals surface area contributed by atoms with Crippen molar-refractivity contribution in [1.29, 1.82) is 0 Å². The zero-order valence-electron chi connectivity index (χ0n) is 17.0. The molecule has 2 aliphatic heterocycles. The van der Waals surface area contributed by atoms with Gasteiger partial charge >= 0.3 is 0 Å². The molecule has 4 heterocycles. The Labute approximate surface area is 174 Å². The van der Waals surface area contributed by atoms with Crippen molar-refractivity contribution in [2.45, 2.75) is 50.0 Å². The minimum absolute atomic E-state index is 0.133. The first-order valence-electron chi connectivity index (χ1n) is 10.2. The molecule has 8 heteroatoms. The number of halogens is 1. The molecule has 0 spiro atoms. The van der Waals surface area contributed by atoms with Crippen molar-refractivity contribution in [3.63, 3.8) is 0 Å². The summed E-state index contributed by atoms with van der Waals surface area (Å²) in [5, 5.41) is 22.7. The lowest BCUT2D eigenvalue weighted by Crippen LogP contribution is -2.55. The molecule has 2 bridgehead atoms. The smallest absolute Gasteiger partial charge is 0.151 e. The molecule has 2 aliphatic rings. The normalized spacial score (nSPS) is 27.9. The quantitative estimate of drug-likeness (QED) is 0.691. The van der Waals surface area contributed by atoms with E-state index in [2.05, 4.69) is 25.4 Å². The van der Waals surface area contributed by atoms with Crippen LogP contribution < -0.4 is 10.2 Å². The average Bonchev–Trinajstić information content (AvgIpc) is 3.34. The highest BCUT2D eigenvalue weighted by Gasteiger charge is 2.50. The summed E-state index contributed by atoms with van der Waals surface area (Å²) in [7, 11) is 1.99. The Morgan fingerprint density at radius 3 is 2.77 bits per heavy atom. The molecule has 0 unspecified atom stereocenters. The van der Waals surface area contributed by atoms with E-state index in [4.69, 9.17) is 0 Å². The van der Waals surface area contributed by atoms with Gasteiger partial charge in [-0.3, -0.25) is 0 Å². The summed E-state index contributed by atoms with van der Waals surface area (Å²) in [6.07, 6.45) is 6.60. The van der Waals surface area contributed by atoms with Gasteiger partial charge < -0.3 is 19.9 Å². The van der Waals surface area contributed by atoms with Gasteiger partial charge in [0.1, 0.15) is 11.9 Å². The Kier molecular flexibility index (Phi) is 4.47. The predicted molar refractivity (Wildman–Crippen MR) is 113 cm³/mol. The van der Waals surface area contributed by atoms with Crippen molar-refractivity contribution in [3.05, 3.63) is 49.1 Å². The van der Waals surface area contributed by atoms with Crippen LogP contribution in [0.25, 0.3) is 16.9 Å². The maximum absolute atomic E-state index is 14.4. The Balaban J connectivity index is 1.35. The number of phenols is 1. The number of imidazole rings is 1. The number of hydrogen-bond donors (Lipinski definition) is 2. The monoisotopic (exact) mass is 408 g/mol. The van der Waals surface area contributed by atoms with E-state index >= 15 is 0 Å². The van der Waals surface area contributed by atoms with Crippen LogP contribution >= 0.6 is 0 Å². The van der Waals surface area contributed by atoms with Gasteiger partial charge in [0.25, 0.3) is 0 Å². The second-order valence-electron chi connectivity index (χ2n) is 8.61. The van der Waals surface area contributed by atoms with E-state index in [9.17, 15) is 9.50 Å². The molecule has 5 rings (SSSR count). The Hall–Kier alpha value is -3.00. The third-order valence-corrected chi connectivity index (χ3v) is 6.55. The number of benzene rings is 1. The highest BCUT2D eigenvalue weighted by molar-refractivity contribution is 5.69. The molecule has 2 aromatic heterocycles. The molecule has 0 radical (unpaired) electrons. The second kappa shape index (κ2) is 7.05. The number of piperidine rings is 1. The standard InChI is InChI=1S/C22H25FN6O/c1-22-12-16(9-14(25-22)10-20(22)23)28(2)21-6-5-18(26-27-21)17-4-3-15(11-19(17)30)29-8-7-24-13-29/h3-8,11,13-14,16,20,25,30H,9-10,12H2,1-2H3/t14-,16+,20+,22+/m1/s1. The fourth-order valence-electron chi connectivity index (χ4n) is 4.82. The van der Waals surface area contributed by atoms with E-state index in [1.807, 2.05) is 49.0 Å². The van der Waals surface area contributed by atoms with Crippen LogP contribution in [0.15, 0.2) is 49.1 Å². The second-order valence-corrected chi connectivity index (χ2v) is 8.61. The number of fused-ring (bicyclic) bond motifs is 2. The van der Waals surface area contributed by atoms with E-state index in [0.717, 1.165) is 24.3 Å². The summed E-state index contributed by atoms with van der Waals surface area (Å²) in [6.45, 7) is 1.97. The molecule has 0 saturated carbocycles. The first-order valence-corrected chi connectivity index (χ1v) is 10.2.